The maximum Gasteiger partial charge on any atom is 0.488 e. The predicted molar refractivity (Wildman–Crippen MR) is 77.1 cm³/mol. The van der Waals surface area contributed by atoms with Crippen molar-refractivity contribution in [2.75, 3.05) is 0 Å². The van der Waals surface area contributed by atoms with E-state index in [0.717, 1.165) is 16.7 Å². The first-order valence-electron chi connectivity index (χ1n) is 5.84. The number of fused-ring (bicyclic) bond motifs is 3. The fourth-order valence-electron chi connectivity index (χ4n) is 2.65. The zero-order chi connectivity index (χ0) is 12.9. The van der Waals surface area contributed by atoms with E-state index in [9.17, 15) is 10.0 Å². The molecule has 1 aliphatic carbocycles. The Bertz CT molecular complexity index is 623. The van der Waals surface area contributed by atoms with Gasteiger partial charge in [-0.05, 0) is 34.6 Å². The molecule has 2 nitrogen and oxygen atoms in total. The minimum Gasteiger partial charge on any atom is -0.423 e. The van der Waals surface area contributed by atoms with Gasteiger partial charge in [0.2, 0.25) is 0 Å². The molecular formula is C14H13BO2S. The maximum atomic E-state index is 9.27. The summed E-state index contributed by atoms with van der Waals surface area (Å²) in [5, 5.41) is 18.5. The van der Waals surface area contributed by atoms with E-state index in [1.807, 2.05) is 31.2 Å². The first kappa shape index (κ1) is 11.8. The van der Waals surface area contributed by atoms with Crippen LogP contribution in [0.2, 0.25) is 0 Å². The Morgan fingerprint density at radius 1 is 1.00 bits per heavy atom. The van der Waals surface area contributed by atoms with E-state index in [-0.39, 0.29) is 0 Å². The van der Waals surface area contributed by atoms with Gasteiger partial charge in [0.15, 0.2) is 0 Å². The van der Waals surface area contributed by atoms with Crippen LogP contribution in [0.4, 0.5) is 0 Å². The van der Waals surface area contributed by atoms with Crippen LogP contribution in [0.25, 0.3) is 11.1 Å². The fraction of sp³-hybridized carbons (Fsp3) is 0.143. The highest BCUT2D eigenvalue weighted by atomic mass is 32.1. The zero-order valence-corrected chi connectivity index (χ0v) is 10.9. The minimum absolute atomic E-state index is 0.392. The molecule has 2 N–H and O–H groups in total. The van der Waals surface area contributed by atoms with Gasteiger partial charge in [0.25, 0.3) is 0 Å². The van der Waals surface area contributed by atoms with E-state index >= 15 is 0 Å². The largest absolute Gasteiger partial charge is 0.488 e. The van der Waals surface area contributed by atoms with E-state index in [0.29, 0.717) is 5.46 Å². The first-order chi connectivity index (χ1) is 8.51. The lowest BCUT2D eigenvalue weighted by Gasteiger charge is -2.20. The monoisotopic (exact) mass is 256 g/mol. The molecule has 0 saturated carbocycles. The van der Waals surface area contributed by atoms with Crippen LogP contribution in [-0.4, -0.2) is 17.2 Å². The lowest BCUT2D eigenvalue weighted by atomic mass is 9.78. The molecule has 3 rings (SSSR count). The van der Waals surface area contributed by atoms with Crippen molar-refractivity contribution in [1.82, 2.24) is 0 Å². The number of hydrogen-bond acceptors (Lipinski definition) is 3. The molecule has 1 aliphatic rings. The van der Waals surface area contributed by atoms with Crippen molar-refractivity contribution in [1.29, 1.82) is 0 Å². The smallest absolute Gasteiger partial charge is 0.423 e. The number of hydrogen-bond donors (Lipinski definition) is 3. The normalized spacial score (nSPS) is 20.4. The van der Waals surface area contributed by atoms with Crippen molar-refractivity contribution in [2.45, 2.75) is 11.7 Å². The van der Waals surface area contributed by atoms with E-state index < -0.39 is 11.9 Å². The summed E-state index contributed by atoms with van der Waals surface area (Å²) in [6.07, 6.45) is 0. The second kappa shape index (κ2) is 3.88. The molecule has 4 heteroatoms. The number of rotatable bonds is 1. The Hall–Kier alpha value is -1.23. The Morgan fingerprint density at radius 2 is 1.67 bits per heavy atom. The van der Waals surface area contributed by atoms with Crippen LogP contribution in [0.1, 0.15) is 18.1 Å². The summed E-state index contributed by atoms with van der Waals surface area (Å²) in [4.78, 5) is 0. The van der Waals surface area contributed by atoms with Crippen molar-refractivity contribution < 1.29 is 10.0 Å². The van der Waals surface area contributed by atoms with E-state index in [2.05, 4.69) is 12.1 Å². The van der Waals surface area contributed by atoms with Crippen molar-refractivity contribution >= 4 is 25.2 Å². The lowest BCUT2D eigenvalue weighted by Crippen LogP contribution is -2.30. The summed E-state index contributed by atoms with van der Waals surface area (Å²) in [6, 6.07) is 13.7. The molecule has 1 atom stereocenters. The fourth-order valence-corrected chi connectivity index (χ4v) is 3.03. The molecule has 0 spiro atoms. The van der Waals surface area contributed by atoms with Crippen LogP contribution >= 0.6 is 12.6 Å². The van der Waals surface area contributed by atoms with Gasteiger partial charge < -0.3 is 10.0 Å². The van der Waals surface area contributed by atoms with Gasteiger partial charge in [-0.1, -0.05) is 42.5 Å². The molecule has 0 bridgehead atoms. The molecule has 0 heterocycles. The van der Waals surface area contributed by atoms with Crippen LogP contribution < -0.4 is 5.46 Å². The quantitative estimate of drug-likeness (QED) is 0.535. The molecule has 0 fully saturated rings. The molecule has 18 heavy (non-hydrogen) atoms. The number of thiol groups is 1. The Kier molecular flexibility index (Phi) is 2.56. The Balaban J connectivity index is 2.28. The average molecular weight is 256 g/mol. The van der Waals surface area contributed by atoms with Gasteiger partial charge >= 0.3 is 7.12 Å². The summed E-state index contributed by atoms with van der Waals surface area (Å²) in [5.74, 6) is 0. The topological polar surface area (TPSA) is 40.5 Å². The van der Waals surface area contributed by atoms with E-state index in [1.165, 1.54) is 5.56 Å². The summed E-state index contributed by atoms with van der Waals surface area (Å²) < 4.78 is -0.392. The average Bonchev–Trinajstić information content (AvgIpc) is 2.59. The summed E-state index contributed by atoms with van der Waals surface area (Å²) >= 11 is 4.76. The highest BCUT2D eigenvalue weighted by Gasteiger charge is 2.36. The maximum absolute atomic E-state index is 9.27. The summed E-state index contributed by atoms with van der Waals surface area (Å²) in [6.45, 7) is 2.04. The minimum atomic E-state index is -1.44. The van der Waals surface area contributed by atoms with Gasteiger partial charge in [-0.15, -0.1) is 0 Å². The number of benzene rings is 2. The van der Waals surface area contributed by atoms with Gasteiger partial charge in [-0.25, -0.2) is 0 Å². The highest BCUT2D eigenvalue weighted by molar-refractivity contribution is 7.81. The summed E-state index contributed by atoms with van der Waals surface area (Å²) in [7, 11) is -1.44. The van der Waals surface area contributed by atoms with Crippen LogP contribution in [0.3, 0.4) is 0 Å². The third-order valence-corrected chi connectivity index (χ3v) is 4.09. The molecule has 90 valence electrons. The second-order valence-corrected chi connectivity index (χ2v) is 5.69. The molecule has 1 unspecified atom stereocenters. The third kappa shape index (κ3) is 1.53. The summed E-state index contributed by atoms with van der Waals surface area (Å²) in [5.41, 5.74) is 4.98. The van der Waals surface area contributed by atoms with Gasteiger partial charge in [-0.2, -0.15) is 12.6 Å². The predicted octanol–water partition coefficient (Wildman–Crippen LogP) is 1.54. The van der Waals surface area contributed by atoms with Crippen LogP contribution in [0.5, 0.6) is 0 Å². The zero-order valence-electron chi connectivity index (χ0n) is 9.96. The molecule has 0 radical (unpaired) electrons. The van der Waals surface area contributed by atoms with Crippen molar-refractivity contribution in [3.8, 4) is 11.1 Å². The van der Waals surface area contributed by atoms with Gasteiger partial charge in [0.05, 0.1) is 4.75 Å². The highest BCUT2D eigenvalue weighted by Crippen LogP contribution is 2.50. The lowest BCUT2D eigenvalue weighted by molar-refractivity contribution is 0.425. The van der Waals surface area contributed by atoms with Crippen molar-refractivity contribution in [2.24, 2.45) is 0 Å². The van der Waals surface area contributed by atoms with E-state index in [1.54, 1.807) is 6.07 Å². The van der Waals surface area contributed by atoms with Gasteiger partial charge in [0, 0.05) is 0 Å². The van der Waals surface area contributed by atoms with Gasteiger partial charge in [0.1, 0.15) is 0 Å². The molecule has 2 aromatic rings. The van der Waals surface area contributed by atoms with E-state index in [4.69, 9.17) is 12.6 Å². The Labute approximate surface area is 112 Å². The molecular weight excluding hydrogens is 243 g/mol. The van der Waals surface area contributed by atoms with Crippen molar-refractivity contribution in [3.63, 3.8) is 0 Å². The van der Waals surface area contributed by atoms with Crippen LogP contribution in [-0.2, 0) is 4.75 Å². The van der Waals surface area contributed by atoms with Crippen LogP contribution in [0, 0.1) is 0 Å². The second-order valence-electron chi connectivity index (χ2n) is 4.80. The molecule has 0 aromatic heterocycles. The third-order valence-electron chi connectivity index (χ3n) is 3.61. The van der Waals surface area contributed by atoms with Crippen molar-refractivity contribution in [3.05, 3.63) is 53.6 Å². The van der Waals surface area contributed by atoms with Crippen LogP contribution in [0.15, 0.2) is 42.5 Å². The standard InChI is InChI=1S/C14H13BO2S/c1-14(18)12-5-3-2-4-10(12)11-7-6-9(15(16)17)8-13(11)14/h2-8,16-18H,1H3. The Morgan fingerprint density at radius 3 is 2.39 bits per heavy atom. The molecule has 0 saturated heterocycles. The molecule has 0 amide bonds. The molecule has 0 aliphatic heterocycles. The SMILES string of the molecule is CC1(S)c2ccccc2-c2ccc(B(O)O)cc21. The first-order valence-corrected chi connectivity index (χ1v) is 6.29. The molecule has 2 aromatic carbocycles. The van der Waals surface area contributed by atoms with Gasteiger partial charge in [-0.3, -0.25) is 0 Å².